The van der Waals surface area contributed by atoms with E-state index < -0.39 is 0 Å². The van der Waals surface area contributed by atoms with Gasteiger partial charge < -0.3 is 5.32 Å². The highest BCUT2D eigenvalue weighted by molar-refractivity contribution is 7.80. The molecule has 0 saturated carbocycles. The molecule has 1 aromatic rings. The number of amides is 1. The van der Waals surface area contributed by atoms with Crippen LogP contribution in [-0.2, 0) is 11.2 Å². The average molecular weight is 234 g/mol. The normalized spacial score (nSPS) is 20.1. The van der Waals surface area contributed by atoms with E-state index >= 15 is 0 Å². The van der Waals surface area contributed by atoms with Crippen molar-refractivity contribution >= 4 is 23.2 Å². The van der Waals surface area contributed by atoms with Gasteiger partial charge in [0.1, 0.15) is 6.04 Å². The molecular weight excluding hydrogens is 220 g/mol. The highest BCUT2D eigenvalue weighted by Crippen LogP contribution is 2.08. The molecule has 1 saturated heterocycles. The van der Waals surface area contributed by atoms with Crippen LogP contribution in [0, 0.1) is 0 Å². The third kappa shape index (κ3) is 2.22. The van der Waals surface area contributed by atoms with Crippen molar-refractivity contribution in [2.24, 2.45) is 0 Å². The topological polar surface area (TPSA) is 32.3 Å². The van der Waals surface area contributed by atoms with Crippen molar-refractivity contribution in [1.82, 2.24) is 10.2 Å². The number of benzene rings is 1. The van der Waals surface area contributed by atoms with Crippen LogP contribution >= 0.6 is 12.2 Å². The van der Waals surface area contributed by atoms with Crippen molar-refractivity contribution in [3.05, 3.63) is 35.9 Å². The van der Waals surface area contributed by atoms with Gasteiger partial charge in [0.15, 0.2) is 5.11 Å². The minimum atomic E-state index is -0.178. The summed E-state index contributed by atoms with van der Waals surface area (Å²) in [4.78, 5) is 13.4. The molecule has 4 heteroatoms. The first-order chi connectivity index (χ1) is 7.68. The molecule has 1 aromatic carbocycles. The summed E-state index contributed by atoms with van der Waals surface area (Å²) in [5.41, 5.74) is 1.22. The molecule has 1 amide bonds. The Kier molecular flexibility index (Phi) is 3.19. The molecule has 0 unspecified atom stereocenters. The summed E-state index contributed by atoms with van der Waals surface area (Å²) >= 11 is 5.10. The predicted molar refractivity (Wildman–Crippen MR) is 67.1 cm³/mol. The fraction of sp³-hybridized carbons (Fsp3) is 0.333. The van der Waals surface area contributed by atoms with Crippen LogP contribution in [0.2, 0.25) is 0 Å². The SMILES string of the molecule is C[C@H]1NC(=S)N(CCc2ccccc2)C1=O. The van der Waals surface area contributed by atoms with Crippen LogP contribution in [-0.4, -0.2) is 28.5 Å². The fourth-order valence-corrected chi connectivity index (χ4v) is 2.11. The standard InChI is InChI=1S/C12H14N2OS/c1-9-11(15)14(12(16)13-9)8-7-10-5-3-2-4-6-10/h2-6,9H,7-8H2,1H3,(H,13,16)/t9-/m1/s1. The van der Waals surface area contributed by atoms with Crippen LogP contribution in [0.3, 0.4) is 0 Å². The minimum Gasteiger partial charge on any atom is -0.351 e. The molecule has 1 aliphatic rings. The van der Waals surface area contributed by atoms with E-state index in [4.69, 9.17) is 12.2 Å². The molecule has 1 heterocycles. The molecule has 0 radical (unpaired) electrons. The highest BCUT2D eigenvalue weighted by atomic mass is 32.1. The number of nitrogens with zero attached hydrogens (tertiary/aromatic N) is 1. The molecule has 0 spiro atoms. The van der Waals surface area contributed by atoms with Gasteiger partial charge >= 0.3 is 0 Å². The van der Waals surface area contributed by atoms with E-state index in [2.05, 4.69) is 17.4 Å². The molecule has 16 heavy (non-hydrogen) atoms. The summed E-state index contributed by atoms with van der Waals surface area (Å²) in [7, 11) is 0. The molecule has 0 aromatic heterocycles. The van der Waals surface area contributed by atoms with Gasteiger partial charge in [-0.1, -0.05) is 30.3 Å². The Hall–Kier alpha value is -1.42. The number of hydrogen-bond acceptors (Lipinski definition) is 2. The molecule has 1 aliphatic heterocycles. The van der Waals surface area contributed by atoms with E-state index in [-0.39, 0.29) is 11.9 Å². The quantitative estimate of drug-likeness (QED) is 0.801. The van der Waals surface area contributed by atoms with E-state index in [9.17, 15) is 4.79 Å². The van der Waals surface area contributed by atoms with Crippen LogP contribution in [0.1, 0.15) is 12.5 Å². The second-order valence-electron chi connectivity index (χ2n) is 3.90. The molecule has 2 rings (SSSR count). The summed E-state index contributed by atoms with van der Waals surface area (Å²) < 4.78 is 0. The van der Waals surface area contributed by atoms with Crippen LogP contribution in [0.25, 0.3) is 0 Å². The molecule has 0 bridgehead atoms. The molecular formula is C12H14N2OS. The van der Waals surface area contributed by atoms with E-state index in [1.165, 1.54) is 5.56 Å². The number of rotatable bonds is 3. The smallest absolute Gasteiger partial charge is 0.251 e. The summed E-state index contributed by atoms with van der Waals surface area (Å²) in [6, 6.07) is 9.92. The minimum absolute atomic E-state index is 0.0703. The number of hydrogen-bond donors (Lipinski definition) is 1. The Morgan fingerprint density at radius 3 is 2.62 bits per heavy atom. The average Bonchev–Trinajstić information content (AvgIpc) is 2.53. The summed E-state index contributed by atoms with van der Waals surface area (Å²) in [5.74, 6) is 0.0703. The van der Waals surface area contributed by atoms with Crippen LogP contribution in [0.15, 0.2) is 30.3 Å². The molecule has 3 nitrogen and oxygen atoms in total. The number of carbonyl (C=O) groups excluding carboxylic acids is 1. The van der Waals surface area contributed by atoms with Crippen LogP contribution in [0.5, 0.6) is 0 Å². The molecule has 0 aliphatic carbocycles. The number of thiocarbonyl (C=S) groups is 1. The Balaban J connectivity index is 1.96. The Bertz CT molecular complexity index is 405. The Morgan fingerprint density at radius 1 is 1.38 bits per heavy atom. The zero-order valence-electron chi connectivity index (χ0n) is 9.14. The molecule has 1 fully saturated rings. The lowest BCUT2D eigenvalue weighted by Gasteiger charge is -2.14. The predicted octanol–water partition coefficient (Wildman–Crippen LogP) is 1.33. The van der Waals surface area contributed by atoms with Gasteiger partial charge in [0, 0.05) is 6.54 Å². The maximum absolute atomic E-state index is 11.7. The van der Waals surface area contributed by atoms with E-state index in [0.717, 1.165) is 6.42 Å². The zero-order valence-corrected chi connectivity index (χ0v) is 9.96. The molecule has 1 atom stereocenters. The van der Waals surface area contributed by atoms with Crippen molar-refractivity contribution in [3.8, 4) is 0 Å². The van der Waals surface area contributed by atoms with Crippen molar-refractivity contribution in [1.29, 1.82) is 0 Å². The van der Waals surface area contributed by atoms with Gasteiger partial charge in [0.05, 0.1) is 0 Å². The first kappa shape index (κ1) is 11.1. The monoisotopic (exact) mass is 234 g/mol. The summed E-state index contributed by atoms with van der Waals surface area (Å²) in [6.45, 7) is 2.48. The second kappa shape index (κ2) is 4.61. The zero-order chi connectivity index (χ0) is 11.5. The van der Waals surface area contributed by atoms with Gasteiger partial charge in [0.25, 0.3) is 5.91 Å². The summed E-state index contributed by atoms with van der Waals surface area (Å²) in [5, 5.41) is 3.51. The lowest BCUT2D eigenvalue weighted by molar-refractivity contribution is -0.126. The van der Waals surface area contributed by atoms with Crippen molar-refractivity contribution in [2.75, 3.05) is 6.54 Å². The van der Waals surface area contributed by atoms with E-state index in [1.807, 2.05) is 25.1 Å². The Morgan fingerprint density at radius 2 is 2.06 bits per heavy atom. The van der Waals surface area contributed by atoms with E-state index in [0.29, 0.717) is 11.7 Å². The third-order valence-corrected chi connectivity index (χ3v) is 3.03. The largest absolute Gasteiger partial charge is 0.351 e. The molecule has 1 N–H and O–H groups in total. The second-order valence-corrected chi connectivity index (χ2v) is 4.28. The van der Waals surface area contributed by atoms with Gasteiger partial charge in [-0.2, -0.15) is 0 Å². The lowest BCUT2D eigenvalue weighted by Crippen LogP contribution is -2.32. The third-order valence-electron chi connectivity index (χ3n) is 2.69. The van der Waals surface area contributed by atoms with E-state index in [1.54, 1.807) is 4.90 Å². The Labute approximate surface area is 100 Å². The lowest BCUT2D eigenvalue weighted by atomic mass is 10.1. The first-order valence-electron chi connectivity index (χ1n) is 5.34. The summed E-state index contributed by atoms with van der Waals surface area (Å²) in [6.07, 6.45) is 0.834. The van der Waals surface area contributed by atoms with Gasteiger partial charge in [-0.25, -0.2) is 0 Å². The highest BCUT2D eigenvalue weighted by Gasteiger charge is 2.31. The van der Waals surface area contributed by atoms with Crippen molar-refractivity contribution in [2.45, 2.75) is 19.4 Å². The van der Waals surface area contributed by atoms with Crippen molar-refractivity contribution in [3.63, 3.8) is 0 Å². The van der Waals surface area contributed by atoms with Gasteiger partial charge in [-0.3, -0.25) is 9.69 Å². The van der Waals surface area contributed by atoms with Gasteiger partial charge in [-0.15, -0.1) is 0 Å². The maximum atomic E-state index is 11.7. The van der Waals surface area contributed by atoms with Gasteiger partial charge in [0.2, 0.25) is 0 Å². The first-order valence-corrected chi connectivity index (χ1v) is 5.75. The number of nitrogens with one attached hydrogen (secondary N) is 1. The number of carbonyl (C=O) groups is 1. The molecule has 84 valence electrons. The maximum Gasteiger partial charge on any atom is 0.251 e. The van der Waals surface area contributed by atoms with Crippen LogP contribution < -0.4 is 5.32 Å². The fourth-order valence-electron chi connectivity index (χ4n) is 1.76. The van der Waals surface area contributed by atoms with Crippen LogP contribution in [0.4, 0.5) is 0 Å². The van der Waals surface area contributed by atoms with Crippen molar-refractivity contribution < 1.29 is 4.79 Å². The van der Waals surface area contributed by atoms with Gasteiger partial charge in [-0.05, 0) is 31.1 Å².